The molecule has 30 heavy (non-hydrogen) atoms. The third kappa shape index (κ3) is 5.08. The Morgan fingerprint density at radius 3 is 2.37 bits per heavy atom. The first-order chi connectivity index (χ1) is 14.3. The van der Waals surface area contributed by atoms with E-state index >= 15 is 0 Å². The predicted molar refractivity (Wildman–Crippen MR) is 108 cm³/mol. The van der Waals surface area contributed by atoms with Crippen LogP contribution < -0.4 is 20.1 Å². The Kier molecular flexibility index (Phi) is 6.56. The van der Waals surface area contributed by atoms with Gasteiger partial charge in [0.25, 0.3) is 5.91 Å². The Morgan fingerprint density at radius 2 is 1.70 bits per heavy atom. The van der Waals surface area contributed by atoms with E-state index in [0.29, 0.717) is 17.1 Å². The molecular weight excluding hydrogens is 388 g/mol. The molecule has 0 aromatic heterocycles. The lowest BCUT2D eigenvalue weighted by atomic mass is 10.0. The molecule has 1 aliphatic heterocycles. The van der Waals surface area contributed by atoms with Gasteiger partial charge in [0.15, 0.2) is 11.5 Å². The van der Waals surface area contributed by atoms with Crippen molar-refractivity contribution in [3.8, 4) is 11.5 Å². The van der Waals surface area contributed by atoms with Gasteiger partial charge in [-0.2, -0.15) is 0 Å². The van der Waals surface area contributed by atoms with E-state index in [-0.39, 0.29) is 19.1 Å². The quantitative estimate of drug-likeness (QED) is 0.611. The number of nitrogens with one attached hydrogen (secondary N) is 2. The molecule has 3 rings (SSSR count). The third-order valence-corrected chi connectivity index (χ3v) is 4.77. The summed E-state index contributed by atoms with van der Waals surface area (Å²) in [6.45, 7) is 3.53. The maximum Gasteiger partial charge on any atom is 0.326 e. The van der Waals surface area contributed by atoms with Gasteiger partial charge in [0.1, 0.15) is 12.1 Å². The molecule has 2 atom stereocenters. The van der Waals surface area contributed by atoms with Crippen LogP contribution in [0.1, 0.15) is 29.8 Å². The molecule has 1 heterocycles. The molecule has 0 spiro atoms. The van der Waals surface area contributed by atoms with Crippen molar-refractivity contribution >= 4 is 17.8 Å². The van der Waals surface area contributed by atoms with E-state index in [9.17, 15) is 19.5 Å². The van der Waals surface area contributed by atoms with Crippen LogP contribution in [0.25, 0.3) is 0 Å². The number of carboxylic acid groups (broad SMARTS) is 1. The summed E-state index contributed by atoms with van der Waals surface area (Å²) in [5.74, 6) is -1.27. The monoisotopic (exact) mass is 412 g/mol. The minimum absolute atomic E-state index is 0.127. The molecule has 8 heteroatoms. The molecule has 2 amide bonds. The topological polar surface area (TPSA) is 114 Å². The zero-order valence-corrected chi connectivity index (χ0v) is 16.8. The standard InChI is InChI=1S/C22H24N2O6/c1-13(2)19(22(27)28)24-21(26)16(23-20(25)15-6-4-3-5-7-15)10-14-8-9-17-18(11-14)30-12-29-17/h3-9,11,13,16,19H,10,12H2,1-2H3,(H,23,25)(H,24,26)(H,27,28). The Bertz CT molecular complexity index is 928. The molecule has 0 aliphatic carbocycles. The van der Waals surface area contributed by atoms with E-state index in [1.807, 2.05) is 0 Å². The number of carbonyl (C=O) groups is 3. The number of carboxylic acids is 1. The molecule has 3 N–H and O–H groups in total. The van der Waals surface area contributed by atoms with Gasteiger partial charge < -0.3 is 25.2 Å². The first-order valence-electron chi connectivity index (χ1n) is 9.62. The highest BCUT2D eigenvalue weighted by Gasteiger charge is 2.29. The lowest BCUT2D eigenvalue weighted by Crippen LogP contribution is -2.53. The molecule has 0 bridgehead atoms. The summed E-state index contributed by atoms with van der Waals surface area (Å²) in [5, 5.41) is 14.7. The molecular formula is C22H24N2O6. The minimum atomic E-state index is -1.13. The van der Waals surface area contributed by atoms with Gasteiger partial charge >= 0.3 is 5.97 Å². The van der Waals surface area contributed by atoms with Crippen molar-refractivity contribution in [3.63, 3.8) is 0 Å². The summed E-state index contributed by atoms with van der Waals surface area (Å²) in [4.78, 5) is 37.1. The second-order valence-corrected chi connectivity index (χ2v) is 7.35. The van der Waals surface area contributed by atoms with Crippen molar-refractivity contribution in [2.45, 2.75) is 32.4 Å². The number of aliphatic carboxylic acids is 1. The normalized spacial score (nSPS) is 14.1. The van der Waals surface area contributed by atoms with Crippen LogP contribution in [0.3, 0.4) is 0 Å². The highest BCUT2D eigenvalue weighted by Crippen LogP contribution is 2.32. The Balaban J connectivity index is 1.81. The van der Waals surface area contributed by atoms with E-state index in [4.69, 9.17) is 9.47 Å². The fourth-order valence-corrected chi connectivity index (χ4v) is 3.11. The van der Waals surface area contributed by atoms with Crippen LogP contribution in [0.15, 0.2) is 48.5 Å². The molecule has 158 valence electrons. The van der Waals surface area contributed by atoms with Crippen LogP contribution in [0.2, 0.25) is 0 Å². The zero-order chi connectivity index (χ0) is 21.7. The number of carbonyl (C=O) groups excluding carboxylic acids is 2. The molecule has 2 aromatic rings. The molecule has 0 saturated carbocycles. The molecule has 0 fully saturated rings. The number of ether oxygens (including phenoxy) is 2. The number of hydrogen-bond acceptors (Lipinski definition) is 5. The van der Waals surface area contributed by atoms with Crippen LogP contribution >= 0.6 is 0 Å². The average molecular weight is 412 g/mol. The summed E-state index contributed by atoms with van der Waals surface area (Å²) in [7, 11) is 0. The van der Waals surface area contributed by atoms with Crippen molar-refractivity contribution in [2.24, 2.45) is 5.92 Å². The van der Waals surface area contributed by atoms with Crippen LogP contribution in [0.4, 0.5) is 0 Å². The van der Waals surface area contributed by atoms with Gasteiger partial charge in [0.2, 0.25) is 12.7 Å². The highest BCUT2D eigenvalue weighted by atomic mass is 16.7. The fourth-order valence-electron chi connectivity index (χ4n) is 3.11. The molecule has 0 saturated heterocycles. The van der Waals surface area contributed by atoms with E-state index in [1.165, 1.54) is 0 Å². The van der Waals surface area contributed by atoms with Crippen molar-refractivity contribution in [1.29, 1.82) is 0 Å². The van der Waals surface area contributed by atoms with Crippen LogP contribution in [-0.4, -0.2) is 41.8 Å². The van der Waals surface area contributed by atoms with Gasteiger partial charge in [-0.25, -0.2) is 4.79 Å². The summed E-state index contributed by atoms with van der Waals surface area (Å²) in [6, 6.07) is 11.7. The first kappa shape index (κ1) is 21.2. The van der Waals surface area contributed by atoms with Crippen LogP contribution in [0.5, 0.6) is 11.5 Å². The van der Waals surface area contributed by atoms with Gasteiger partial charge in [0.05, 0.1) is 0 Å². The van der Waals surface area contributed by atoms with E-state index in [2.05, 4.69) is 10.6 Å². The maximum absolute atomic E-state index is 12.9. The maximum atomic E-state index is 12.9. The second-order valence-electron chi connectivity index (χ2n) is 7.35. The van der Waals surface area contributed by atoms with Crippen LogP contribution in [-0.2, 0) is 16.0 Å². The second kappa shape index (κ2) is 9.30. The summed E-state index contributed by atoms with van der Waals surface area (Å²) < 4.78 is 10.7. The fraction of sp³-hybridized carbons (Fsp3) is 0.318. The van der Waals surface area contributed by atoms with Gasteiger partial charge in [0, 0.05) is 12.0 Å². The number of benzene rings is 2. The Labute approximate surface area is 174 Å². The molecule has 2 unspecified atom stereocenters. The molecule has 1 aliphatic rings. The summed E-state index contributed by atoms with van der Waals surface area (Å²) >= 11 is 0. The van der Waals surface area contributed by atoms with E-state index in [0.717, 1.165) is 5.56 Å². The summed E-state index contributed by atoms with van der Waals surface area (Å²) in [6.07, 6.45) is 0.158. The van der Waals surface area contributed by atoms with Crippen molar-refractivity contribution in [3.05, 3.63) is 59.7 Å². The number of rotatable bonds is 8. The number of hydrogen-bond donors (Lipinski definition) is 3. The van der Waals surface area contributed by atoms with Crippen molar-refractivity contribution < 1.29 is 29.0 Å². The SMILES string of the molecule is CC(C)C(NC(=O)C(Cc1ccc2c(c1)OCO2)NC(=O)c1ccccc1)C(=O)O. The Morgan fingerprint density at radius 1 is 1.00 bits per heavy atom. The Hall–Kier alpha value is -3.55. The van der Waals surface area contributed by atoms with Crippen molar-refractivity contribution in [1.82, 2.24) is 10.6 Å². The van der Waals surface area contributed by atoms with Gasteiger partial charge in [-0.3, -0.25) is 9.59 Å². The van der Waals surface area contributed by atoms with Gasteiger partial charge in [-0.15, -0.1) is 0 Å². The predicted octanol–water partition coefficient (Wildman–Crippen LogP) is 1.98. The number of fused-ring (bicyclic) bond motifs is 1. The number of amides is 2. The van der Waals surface area contributed by atoms with E-state index < -0.39 is 29.9 Å². The average Bonchev–Trinajstić information content (AvgIpc) is 3.19. The smallest absolute Gasteiger partial charge is 0.326 e. The first-order valence-corrected chi connectivity index (χ1v) is 9.62. The van der Waals surface area contributed by atoms with Gasteiger partial charge in [-0.1, -0.05) is 38.1 Å². The zero-order valence-electron chi connectivity index (χ0n) is 16.8. The third-order valence-electron chi connectivity index (χ3n) is 4.77. The molecule has 0 radical (unpaired) electrons. The van der Waals surface area contributed by atoms with E-state index in [1.54, 1.807) is 62.4 Å². The van der Waals surface area contributed by atoms with Gasteiger partial charge in [-0.05, 0) is 35.7 Å². The molecule has 8 nitrogen and oxygen atoms in total. The highest BCUT2D eigenvalue weighted by molar-refractivity contribution is 5.98. The minimum Gasteiger partial charge on any atom is -0.480 e. The lowest BCUT2D eigenvalue weighted by molar-refractivity contribution is -0.143. The summed E-state index contributed by atoms with van der Waals surface area (Å²) in [5.41, 5.74) is 1.14. The largest absolute Gasteiger partial charge is 0.480 e. The molecule has 2 aromatic carbocycles. The van der Waals surface area contributed by atoms with Crippen LogP contribution in [0, 0.1) is 5.92 Å². The van der Waals surface area contributed by atoms with Crippen molar-refractivity contribution in [2.75, 3.05) is 6.79 Å². The lowest BCUT2D eigenvalue weighted by Gasteiger charge is -2.23.